The van der Waals surface area contributed by atoms with Crippen molar-refractivity contribution in [2.45, 2.75) is 13.0 Å². The Morgan fingerprint density at radius 2 is 2.33 bits per heavy atom. The van der Waals surface area contributed by atoms with Gasteiger partial charge in [-0.05, 0) is 6.07 Å². The number of nitrogens with zero attached hydrogens (tertiary/aromatic N) is 3. The topological polar surface area (TPSA) is 67.2 Å². The lowest BCUT2D eigenvalue weighted by molar-refractivity contribution is -0.123. The molecule has 1 aromatic rings. The van der Waals surface area contributed by atoms with E-state index >= 15 is 0 Å². The third-order valence-electron chi connectivity index (χ3n) is 2.51. The molecule has 0 bridgehead atoms. The van der Waals surface area contributed by atoms with Gasteiger partial charge in [-0.1, -0.05) is 0 Å². The average Bonchev–Trinajstić information content (AvgIpc) is 2.75. The molecule has 98 valence electrons. The van der Waals surface area contributed by atoms with Crippen molar-refractivity contribution in [2.75, 3.05) is 19.6 Å². The molecule has 8 heteroatoms. The molecule has 1 aliphatic heterocycles. The summed E-state index contributed by atoms with van der Waals surface area (Å²) >= 11 is 0. The molecule has 1 saturated heterocycles. The van der Waals surface area contributed by atoms with Crippen LogP contribution in [0.5, 0.6) is 0 Å². The van der Waals surface area contributed by atoms with Crippen LogP contribution in [0.25, 0.3) is 0 Å². The Bertz CT molecular complexity index is 460. The van der Waals surface area contributed by atoms with Crippen LogP contribution in [0.1, 0.15) is 10.5 Å². The first-order valence-electron chi connectivity index (χ1n) is 5.44. The number of carbonyl (C=O) groups excluding carboxylic acids is 2. The highest BCUT2D eigenvalue weighted by Crippen LogP contribution is 2.05. The normalized spacial score (nSPS) is 15.9. The predicted octanol–water partition coefficient (Wildman–Crippen LogP) is -0.280. The van der Waals surface area contributed by atoms with Gasteiger partial charge in [-0.25, -0.2) is 8.78 Å². The molecule has 0 spiro atoms. The van der Waals surface area contributed by atoms with Gasteiger partial charge in [-0.2, -0.15) is 5.10 Å². The smallest absolute Gasteiger partial charge is 0.274 e. The minimum absolute atomic E-state index is 0.0272. The highest BCUT2D eigenvalue weighted by molar-refractivity contribution is 5.95. The summed E-state index contributed by atoms with van der Waals surface area (Å²) < 4.78 is 25.3. The zero-order valence-corrected chi connectivity index (χ0v) is 9.47. The lowest BCUT2D eigenvalue weighted by Crippen LogP contribution is -2.50. The molecule has 6 nitrogen and oxygen atoms in total. The van der Waals surface area contributed by atoms with E-state index in [1.165, 1.54) is 17.2 Å². The number of aromatic nitrogens is 2. The molecule has 2 heterocycles. The summed E-state index contributed by atoms with van der Waals surface area (Å²) in [5, 5.41) is 6.36. The minimum Gasteiger partial charge on any atom is -0.353 e. The molecule has 0 unspecified atom stereocenters. The fraction of sp³-hybridized carbons (Fsp3) is 0.500. The molecular formula is C10H12F2N4O2. The summed E-state index contributed by atoms with van der Waals surface area (Å²) in [6.07, 6.45) is -1.20. The monoisotopic (exact) mass is 258 g/mol. The fourth-order valence-corrected chi connectivity index (χ4v) is 1.69. The van der Waals surface area contributed by atoms with E-state index in [-0.39, 0.29) is 18.1 Å². The Labute approximate surface area is 102 Å². The molecule has 2 rings (SSSR count). The van der Waals surface area contributed by atoms with Crippen LogP contribution in [-0.4, -0.2) is 52.6 Å². The lowest BCUT2D eigenvalue weighted by atomic mass is 10.3. The Morgan fingerprint density at radius 3 is 3.00 bits per heavy atom. The summed E-state index contributed by atoms with van der Waals surface area (Å²) in [6.45, 7) is 0.211. The van der Waals surface area contributed by atoms with Crippen LogP contribution in [0.3, 0.4) is 0 Å². The second kappa shape index (κ2) is 5.11. The van der Waals surface area contributed by atoms with E-state index in [0.717, 1.165) is 4.68 Å². The van der Waals surface area contributed by atoms with E-state index in [0.29, 0.717) is 13.1 Å². The molecule has 0 atom stereocenters. The average molecular weight is 258 g/mol. The molecule has 0 saturated carbocycles. The van der Waals surface area contributed by atoms with Crippen molar-refractivity contribution < 1.29 is 18.4 Å². The van der Waals surface area contributed by atoms with Crippen LogP contribution in [0.15, 0.2) is 12.3 Å². The van der Waals surface area contributed by atoms with E-state index in [2.05, 4.69) is 10.4 Å². The van der Waals surface area contributed by atoms with Gasteiger partial charge in [0.05, 0.1) is 6.54 Å². The van der Waals surface area contributed by atoms with E-state index in [9.17, 15) is 18.4 Å². The minimum atomic E-state index is -2.52. The van der Waals surface area contributed by atoms with Gasteiger partial charge in [0.1, 0.15) is 12.2 Å². The van der Waals surface area contributed by atoms with Crippen molar-refractivity contribution in [3.05, 3.63) is 18.0 Å². The third kappa shape index (κ3) is 2.82. The maximum atomic E-state index is 12.1. The van der Waals surface area contributed by atoms with Crippen LogP contribution < -0.4 is 5.32 Å². The number of amides is 2. The molecule has 18 heavy (non-hydrogen) atoms. The Hall–Kier alpha value is -1.99. The first-order valence-corrected chi connectivity index (χ1v) is 5.44. The maximum absolute atomic E-state index is 12.1. The predicted molar refractivity (Wildman–Crippen MR) is 57.1 cm³/mol. The molecule has 0 aliphatic carbocycles. The van der Waals surface area contributed by atoms with Crippen molar-refractivity contribution in [3.8, 4) is 0 Å². The van der Waals surface area contributed by atoms with E-state index < -0.39 is 18.9 Å². The summed E-state index contributed by atoms with van der Waals surface area (Å²) in [5.74, 6) is -0.653. The molecular weight excluding hydrogens is 246 g/mol. The lowest BCUT2D eigenvalue weighted by Gasteiger charge is -2.25. The van der Waals surface area contributed by atoms with Gasteiger partial charge in [-0.15, -0.1) is 0 Å². The number of halogens is 2. The maximum Gasteiger partial charge on any atom is 0.274 e. The molecule has 0 aromatic carbocycles. The SMILES string of the molecule is O=C1CN(C(=O)c2ccn(CC(F)F)n2)CCN1. The van der Waals surface area contributed by atoms with Crippen LogP contribution in [0.4, 0.5) is 8.78 Å². The fourth-order valence-electron chi connectivity index (χ4n) is 1.69. The van der Waals surface area contributed by atoms with Gasteiger partial charge in [0, 0.05) is 19.3 Å². The number of alkyl halides is 2. The summed E-state index contributed by atoms with van der Waals surface area (Å²) in [4.78, 5) is 24.4. The van der Waals surface area contributed by atoms with E-state index in [1.54, 1.807) is 0 Å². The number of hydrogen-bond donors (Lipinski definition) is 1. The van der Waals surface area contributed by atoms with Gasteiger partial charge >= 0.3 is 0 Å². The quantitative estimate of drug-likeness (QED) is 0.811. The van der Waals surface area contributed by atoms with E-state index in [4.69, 9.17) is 0 Å². The van der Waals surface area contributed by atoms with Crippen molar-refractivity contribution in [1.29, 1.82) is 0 Å². The zero-order valence-electron chi connectivity index (χ0n) is 9.47. The van der Waals surface area contributed by atoms with Crippen molar-refractivity contribution >= 4 is 11.8 Å². The van der Waals surface area contributed by atoms with Crippen LogP contribution in [-0.2, 0) is 11.3 Å². The van der Waals surface area contributed by atoms with Crippen molar-refractivity contribution in [1.82, 2.24) is 20.0 Å². The van der Waals surface area contributed by atoms with Gasteiger partial charge in [-0.3, -0.25) is 14.3 Å². The number of carbonyl (C=O) groups is 2. The Kier molecular flexibility index (Phi) is 3.54. The summed E-state index contributed by atoms with van der Waals surface area (Å²) in [6, 6.07) is 1.37. The highest BCUT2D eigenvalue weighted by atomic mass is 19.3. The molecule has 1 aliphatic rings. The highest BCUT2D eigenvalue weighted by Gasteiger charge is 2.23. The summed E-state index contributed by atoms with van der Waals surface area (Å²) in [5.41, 5.74) is 0.0744. The van der Waals surface area contributed by atoms with Crippen molar-refractivity contribution in [2.24, 2.45) is 0 Å². The van der Waals surface area contributed by atoms with Crippen molar-refractivity contribution in [3.63, 3.8) is 0 Å². The Balaban J connectivity index is 2.04. The molecule has 1 fully saturated rings. The molecule has 2 amide bonds. The standard InChI is InChI=1S/C10H12F2N4O2/c11-8(12)5-16-3-1-7(14-16)10(18)15-4-2-13-9(17)6-15/h1,3,8H,2,4-6H2,(H,13,17). The first kappa shape index (κ1) is 12.5. The van der Waals surface area contributed by atoms with Crippen LogP contribution >= 0.6 is 0 Å². The zero-order chi connectivity index (χ0) is 13.1. The molecule has 0 radical (unpaired) electrons. The largest absolute Gasteiger partial charge is 0.353 e. The second-order valence-corrected chi connectivity index (χ2v) is 3.89. The number of piperazine rings is 1. The first-order chi connectivity index (χ1) is 8.56. The van der Waals surface area contributed by atoms with Crippen LogP contribution in [0.2, 0.25) is 0 Å². The van der Waals surface area contributed by atoms with Gasteiger partial charge in [0.25, 0.3) is 12.3 Å². The number of rotatable bonds is 3. The molecule has 1 N–H and O–H groups in total. The molecule has 1 aromatic heterocycles. The van der Waals surface area contributed by atoms with Gasteiger partial charge in [0.2, 0.25) is 5.91 Å². The summed E-state index contributed by atoms with van der Waals surface area (Å²) in [7, 11) is 0. The van der Waals surface area contributed by atoms with Gasteiger partial charge < -0.3 is 10.2 Å². The number of hydrogen-bond acceptors (Lipinski definition) is 3. The Morgan fingerprint density at radius 1 is 1.56 bits per heavy atom. The van der Waals surface area contributed by atoms with Crippen LogP contribution in [0, 0.1) is 0 Å². The van der Waals surface area contributed by atoms with E-state index in [1.807, 2.05) is 0 Å². The number of nitrogens with one attached hydrogen (secondary N) is 1. The van der Waals surface area contributed by atoms with Gasteiger partial charge in [0.15, 0.2) is 0 Å². The third-order valence-corrected chi connectivity index (χ3v) is 2.51. The second-order valence-electron chi connectivity index (χ2n) is 3.89.